The van der Waals surface area contributed by atoms with Crippen LogP contribution >= 0.6 is 11.6 Å². The molecule has 3 N–H and O–H groups in total. The molecule has 0 aliphatic heterocycles. The lowest BCUT2D eigenvalue weighted by molar-refractivity contribution is 0.259. The highest BCUT2D eigenvalue weighted by atomic mass is 35.5. The van der Waals surface area contributed by atoms with E-state index in [1.807, 2.05) is 18.2 Å². The molecule has 2 rings (SSSR count). The number of carbonyl (C=O) groups excluding carboxylic acids is 1. The summed E-state index contributed by atoms with van der Waals surface area (Å²) in [5.41, 5.74) is 5.35. The van der Waals surface area contributed by atoms with Crippen molar-refractivity contribution in [2.24, 2.45) is 5.73 Å². The van der Waals surface area contributed by atoms with Crippen molar-refractivity contribution in [2.45, 2.75) is 19.3 Å². The van der Waals surface area contributed by atoms with Gasteiger partial charge < -0.3 is 5.73 Å². The number of halogens is 1. The summed E-state index contributed by atoms with van der Waals surface area (Å²) in [5, 5.41) is 16.3. The van der Waals surface area contributed by atoms with Crippen molar-refractivity contribution in [1.29, 1.82) is 5.26 Å². The van der Waals surface area contributed by atoms with Crippen molar-refractivity contribution in [2.75, 3.05) is 5.32 Å². The summed E-state index contributed by atoms with van der Waals surface area (Å²) in [7, 11) is 0. The zero-order valence-electron chi connectivity index (χ0n) is 11.6. The number of nitrogens with one attached hydrogen (secondary N) is 1. The van der Waals surface area contributed by atoms with Crippen LogP contribution in [0.4, 0.5) is 10.6 Å². The number of hydrogen-bond acceptors (Lipinski definition) is 3. The van der Waals surface area contributed by atoms with Crippen LogP contribution in [0.5, 0.6) is 0 Å². The number of aromatic nitrogens is 2. The fourth-order valence-corrected chi connectivity index (χ4v) is 2.23. The SMILES string of the molecule is CC(C)(C#N)c1nn(-c2ccccc2)c(NC(N)=O)c1Cl. The maximum Gasteiger partial charge on any atom is 0.317 e. The first-order chi connectivity index (χ1) is 9.86. The first kappa shape index (κ1) is 14.9. The maximum atomic E-state index is 11.2. The van der Waals surface area contributed by atoms with Gasteiger partial charge >= 0.3 is 6.03 Å². The van der Waals surface area contributed by atoms with Crippen molar-refractivity contribution in [3.05, 3.63) is 41.0 Å². The summed E-state index contributed by atoms with van der Waals surface area (Å²) >= 11 is 6.28. The van der Waals surface area contributed by atoms with Gasteiger partial charge in [-0.05, 0) is 26.0 Å². The molecule has 2 aromatic rings. The third kappa shape index (κ3) is 2.83. The van der Waals surface area contributed by atoms with Crippen LogP contribution in [0.2, 0.25) is 5.02 Å². The molecule has 0 aliphatic rings. The Bertz CT molecular complexity index is 715. The number of para-hydroxylation sites is 1. The van der Waals surface area contributed by atoms with Crippen LogP contribution in [-0.2, 0) is 5.41 Å². The number of primary amides is 1. The molecule has 0 aliphatic carbocycles. The summed E-state index contributed by atoms with van der Waals surface area (Å²) in [4.78, 5) is 11.2. The number of benzene rings is 1. The molecular weight excluding hydrogens is 290 g/mol. The van der Waals surface area contributed by atoms with Gasteiger partial charge in [-0.15, -0.1) is 0 Å². The van der Waals surface area contributed by atoms with Crippen LogP contribution in [0.1, 0.15) is 19.5 Å². The van der Waals surface area contributed by atoms with Crippen LogP contribution in [0.3, 0.4) is 0 Å². The van der Waals surface area contributed by atoms with Crippen LogP contribution in [-0.4, -0.2) is 15.8 Å². The molecule has 21 heavy (non-hydrogen) atoms. The number of rotatable bonds is 3. The third-order valence-electron chi connectivity index (χ3n) is 2.94. The minimum atomic E-state index is -0.898. The van der Waals surface area contributed by atoms with Gasteiger partial charge in [0.2, 0.25) is 0 Å². The number of urea groups is 1. The molecule has 7 heteroatoms. The van der Waals surface area contributed by atoms with E-state index < -0.39 is 11.4 Å². The standard InChI is InChI=1S/C14H14ClN5O/c1-14(2,8-16)11-10(15)12(18-13(17)21)20(19-11)9-6-4-3-5-7-9/h3-7H,1-2H3,(H3,17,18,21). The lowest BCUT2D eigenvalue weighted by atomic mass is 9.91. The topological polar surface area (TPSA) is 96.7 Å². The molecule has 6 nitrogen and oxygen atoms in total. The highest BCUT2D eigenvalue weighted by molar-refractivity contribution is 6.34. The van der Waals surface area contributed by atoms with Gasteiger partial charge in [0.15, 0.2) is 5.82 Å². The highest BCUT2D eigenvalue weighted by Crippen LogP contribution is 2.35. The summed E-state index contributed by atoms with van der Waals surface area (Å²) < 4.78 is 1.46. The van der Waals surface area contributed by atoms with Crippen LogP contribution in [0.25, 0.3) is 5.69 Å². The summed E-state index contributed by atoms with van der Waals surface area (Å²) in [6.07, 6.45) is 0. The summed E-state index contributed by atoms with van der Waals surface area (Å²) in [6, 6.07) is 10.5. The minimum absolute atomic E-state index is 0.198. The molecule has 1 heterocycles. The predicted molar refractivity (Wildman–Crippen MR) is 80.4 cm³/mol. The van der Waals surface area contributed by atoms with Crippen molar-refractivity contribution in [3.63, 3.8) is 0 Å². The number of hydrogen-bond donors (Lipinski definition) is 2. The monoisotopic (exact) mass is 303 g/mol. The molecule has 1 aromatic heterocycles. The quantitative estimate of drug-likeness (QED) is 0.912. The lowest BCUT2D eigenvalue weighted by Crippen LogP contribution is -2.21. The average molecular weight is 304 g/mol. The average Bonchev–Trinajstić information content (AvgIpc) is 2.77. The molecule has 1 aromatic carbocycles. The van der Waals surface area contributed by atoms with Gasteiger partial charge in [0.25, 0.3) is 0 Å². The summed E-state index contributed by atoms with van der Waals surface area (Å²) in [6.45, 7) is 3.40. The smallest absolute Gasteiger partial charge is 0.317 e. The molecule has 0 spiro atoms. The molecule has 0 fully saturated rings. The van der Waals surface area contributed by atoms with E-state index in [9.17, 15) is 10.1 Å². The van der Waals surface area contributed by atoms with E-state index in [0.717, 1.165) is 0 Å². The molecule has 0 bridgehead atoms. The van der Waals surface area contributed by atoms with Crippen molar-refractivity contribution < 1.29 is 4.79 Å². The molecular formula is C14H14ClN5O. The van der Waals surface area contributed by atoms with E-state index in [1.54, 1.807) is 26.0 Å². The zero-order chi connectivity index (χ0) is 15.6. The second-order valence-electron chi connectivity index (χ2n) is 4.98. The lowest BCUT2D eigenvalue weighted by Gasteiger charge is -2.11. The van der Waals surface area contributed by atoms with E-state index in [-0.39, 0.29) is 10.8 Å². The van der Waals surface area contributed by atoms with Gasteiger partial charge in [-0.2, -0.15) is 10.4 Å². The Morgan fingerprint density at radius 2 is 2.05 bits per heavy atom. The van der Waals surface area contributed by atoms with E-state index in [1.165, 1.54) is 4.68 Å². The minimum Gasteiger partial charge on any atom is -0.351 e. The first-order valence-electron chi connectivity index (χ1n) is 6.19. The second kappa shape index (κ2) is 5.46. The fourth-order valence-electron chi connectivity index (χ4n) is 1.83. The van der Waals surface area contributed by atoms with Crippen LogP contribution in [0, 0.1) is 11.3 Å². The van der Waals surface area contributed by atoms with Gasteiger partial charge in [0.05, 0.1) is 17.2 Å². The number of amides is 2. The van der Waals surface area contributed by atoms with E-state index in [0.29, 0.717) is 11.4 Å². The summed E-state index contributed by atoms with van der Waals surface area (Å²) in [5.74, 6) is 0.244. The second-order valence-corrected chi connectivity index (χ2v) is 5.36. The highest BCUT2D eigenvalue weighted by Gasteiger charge is 2.30. The molecule has 0 unspecified atom stereocenters. The first-order valence-corrected chi connectivity index (χ1v) is 6.56. The van der Waals surface area contributed by atoms with E-state index >= 15 is 0 Å². The molecule has 0 radical (unpaired) electrons. The molecule has 0 saturated heterocycles. The number of carbonyl (C=O) groups is 1. The Labute approximate surface area is 127 Å². The Kier molecular flexibility index (Phi) is 3.87. The van der Waals surface area contributed by atoms with Gasteiger partial charge in [-0.3, -0.25) is 5.32 Å². The van der Waals surface area contributed by atoms with E-state index in [2.05, 4.69) is 16.5 Å². The number of nitrogens with zero attached hydrogens (tertiary/aromatic N) is 3. The molecule has 2 amide bonds. The zero-order valence-corrected chi connectivity index (χ0v) is 12.3. The van der Waals surface area contributed by atoms with Gasteiger partial charge in [0, 0.05) is 0 Å². The van der Waals surface area contributed by atoms with Gasteiger partial charge in [-0.1, -0.05) is 29.8 Å². The van der Waals surface area contributed by atoms with Crippen LogP contribution in [0.15, 0.2) is 30.3 Å². The largest absolute Gasteiger partial charge is 0.351 e. The third-order valence-corrected chi connectivity index (χ3v) is 3.30. The van der Waals surface area contributed by atoms with Crippen molar-refractivity contribution >= 4 is 23.4 Å². The van der Waals surface area contributed by atoms with E-state index in [4.69, 9.17) is 17.3 Å². The van der Waals surface area contributed by atoms with Gasteiger partial charge in [-0.25, -0.2) is 9.48 Å². The Balaban J connectivity index is 2.67. The molecule has 0 atom stereocenters. The Hall–Kier alpha value is -2.52. The predicted octanol–water partition coefficient (Wildman–Crippen LogP) is 2.82. The number of nitrogens with two attached hydrogens (primary N) is 1. The van der Waals surface area contributed by atoms with Crippen LogP contribution < -0.4 is 11.1 Å². The van der Waals surface area contributed by atoms with Gasteiger partial charge in [0.1, 0.15) is 10.7 Å². The Morgan fingerprint density at radius 3 is 2.57 bits per heavy atom. The fraction of sp³-hybridized carbons (Fsp3) is 0.214. The molecule has 108 valence electrons. The number of nitriles is 1. The number of anilines is 1. The maximum absolute atomic E-state index is 11.2. The normalized spacial score (nSPS) is 11.0. The van der Waals surface area contributed by atoms with Crippen molar-refractivity contribution in [1.82, 2.24) is 9.78 Å². The van der Waals surface area contributed by atoms with Crippen molar-refractivity contribution in [3.8, 4) is 11.8 Å². The Morgan fingerprint density at radius 1 is 1.43 bits per heavy atom. The molecule has 0 saturated carbocycles.